The van der Waals surface area contributed by atoms with Crippen LogP contribution >= 0.6 is 23.2 Å². The highest BCUT2D eigenvalue weighted by atomic mass is 35.5. The van der Waals surface area contributed by atoms with Crippen molar-refractivity contribution in [3.63, 3.8) is 0 Å². The van der Waals surface area contributed by atoms with Crippen LogP contribution in [0.4, 0.5) is 10.1 Å². The Bertz CT molecular complexity index is 1290. The third-order valence-electron chi connectivity index (χ3n) is 4.74. The van der Waals surface area contributed by atoms with E-state index >= 15 is 0 Å². The molecule has 3 aromatic carbocycles. The average Bonchev–Trinajstić information content (AvgIpc) is 3.18. The number of aromatic nitrogens is 3. The van der Waals surface area contributed by atoms with Crippen molar-refractivity contribution in [2.75, 3.05) is 5.32 Å². The normalized spacial score (nSPS) is 10.9. The van der Waals surface area contributed by atoms with Crippen LogP contribution in [0, 0.1) is 19.7 Å². The standard InChI is InChI=1S/C23H17Cl2FN4O/c1-13-4-10-18(12-19(13)25)27-23(31)21-28-22(15-5-8-17(26)9-6-15)30(29-21)20-11-16(24)7-3-14(20)2/h3-12H,1-2H3,(H,27,31). The van der Waals surface area contributed by atoms with Crippen LogP contribution in [-0.2, 0) is 0 Å². The van der Waals surface area contributed by atoms with Gasteiger partial charge in [0.1, 0.15) is 5.82 Å². The van der Waals surface area contributed by atoms with E-state index < -0.39 is 5.91 Å². The summed E-state index contributed by atoms with van der Waals surface area (Å²) in [6.07, 6.45) is 0. The highest BCUT2D eigenvalue weighted by molar-refractivity contribution is 6.31. The summed E-state index contributed by atoms with van der Waals surface area (Å²) >= 11 is 12.3. The fourth-order valence-corrected chi connectivity index (χ4v) is 3.38. The first-order valence-electron chi connectivity index (χ1n) is 9.39. The van der Waals surface area contributed by atoms with E-state index in [0.717, 1.165) is 11.1 Å². The summed E-state index contributed by atoms with van der Waals surface area (Å²) in [5.74, 6) is -0.530. The third-order valence-corrected chi connectivity index (χ3v) is 5.38. The van der Waals surface area contributed by atoms with Gasteiger partial charge in [0, 0.05) is 21.3 Å². The number of carbonyl (C=O) groups excluding carboxylic acids is 1. The first kappa shape index (κ1) is 21.0. The van der Waals surface area contributed by atoms with Gasteiger partial charge in [-0.1, -0.05) is 35.3 Å². The van der Waals surface area contributed by atoms with Crippen LogP contribution in [0.2, 0.25) is 10.0 Å². The molecule has 0 bridgehead atoms. The van der Waals surface area contributed by atoms with E-state index in [0.29, 0.717) is 32.8 Å². The predicted octanol–water partition coefficient (Wildman–Crippen LogP) is 6.25. The summed E-state index contributed by atoms with van der Waals surface area (Å²) in [4.78, 5) is 17.3. The summed E-state index contributed by atoms with van der Waals surface area (Å²) in [6.45, 7) is 3.77. The molecule has 0 aliphatic heterocycles. The number of nitrogens with zero attached hydrogens (tertiary/aromatic N) is 3. The summed E-state index contributed by atoms with van der Waals surface area (Å²) < 4.78 is 15.0. The van der Waals surface area contributed by atoms with E-state index in [-0.39, 0.29) is 11.6 Å². The summed E-state index contributed by atoms with van der Waals surface area (Å²) in [5, 5.41) is 8.24. The first-order valence-corrected chi connectivity index (χ1v) is 10.1. The SMILES string of the molecule is Cc1ccc(NC(=O)c2nc(-c3ccc(F)cc3)n(-c3cc(Cl)ccc3C)n2)cc1Cl. The number of benzene rings is 3. The van der Waals surface area contributed by atoms with Crippen molar-refractivity contribution >= 4 is 34.8 Å². The highest BCUT2D eigenvalue weighted by Crippen LogP contribution is 2.26. The highest BCUT2D eigenvalue weighted by Gasteiger charge is 2.20. The fraction of sp³-hybridized carbons (Fsp3) is 0.0870. The number of anilines is 1. The van der Waals surface area contributed by atoms with Crippen LogP contribution in [0.5, 0.6) is 0 Å². The van der Waals surface area contributed by atoms with Crippen molar-refractivity contribution in [1.82, 2.24) is 14.8 Å². The Morgan fingerprint density at radius 3 is 2.39 bits per heavy atom. The minimum Gasteiger partial charge on any atom is -0.319 e. The number of hydrogen-bond acceptors (Lipinski definition) is 3. The van der Waals surface area contributed by atoms with Crippen LogP contribution in [0.15, 0.2) is 60.7 Å². The van der Waals surface area contributed by atoms with Gasteiger partial charge in [-0.15, -0.1) is 5.10 Å². The lowest BCUT2D eigenvalue weighted by Crippen LogP contribution is -2.14. The second kappa shape index (κ2) is 8.49. The van der Waals surface area contributed by atoms with Gasteiger partial charge in [0.25, 0.3) is 5.91 Å². The summed E-state index contributed by atoms with van der Waals surface area (Å²) in [7, 11) is 0. The van der Waals surface area contributed by atoms with E-state index in [1.807, 2.05) is 26.0 Å². The second-order valence-corrected chi connectivity index (χ2v) is 7.87. The van der Waals surface area contributed by atoms with E-state index in [9.17, 15) is 9.18 Å². The lowest BCUT2D eigenvalue weighted by Gasteiger charge is -2.09. The zero-order chi connectivity index (χ0) is 22.1. The van der Waals surface area contributed by atoms with E-state index in [1.54, 1.807) is 36.4 Å². The van der Waals surface area contributed by atoms with Gasteiger partial charge in [-0.2, -0.15) is 0 Å². The maximum Gasteiger partial charge on any atom is 0.295 e. The van der Waals surface area contributed by atoms with Crippen molar-refractivity contribution in [3.8, 4) is 17.1 Å². The van der Waals surface area contributed by atoms with Gasteiger partial charge in [-0.05, 0) is 73.5 Å². The second-order valence-electron chi connectivity index (χ2n) is 7.03. The number of amides is 1. The summed E-state index contributed by atoms with van der Waals surface area (Å²) in [6, 6.07) is 16.4. The van der Waals surface area contributed by atoms with Crippen molar-refractivity contribution in [3.05, 3.63) is 93.5 Å². The van der Waals surface area contributed by atoms with Crippen LogP contribution in [0.25, 0.3) is 17.1 Å². The van der Waals surface area contributed by atoms with E-state index in [1.165, 1.54) is 16.8 Å². The van der Waals surface area contributed by atoms with Crippen molar-refractivity contribution in [1.29, 1.82) is 0 Å². The molecule has 0 saturated carbocycles. The Morgan fingerprint density at radius 1 is 0.968 bits per heavy atom. The smallest absolute Gasteiger partial charge is 0.295 e. The van der Waals surface area contributed by atoms with Crippen molar-refractivity contribution in [2.24, 2.45) is 0 Å². The topological polar surface area (TPSA) is 59.8 Å². The van der Waals surface area contributed by atoms with E-state index in [2.05, 4.69) is 15.4 Å². The van der Waals surface area contributed by atoms with Crippen LogP contribution in [-0.4, -0.2) is 20.7 Å². The van der Waals surface area contributed by atoms with Gasteiger partial charge >= 0.3 is 0 Å². The molecule has 1 amide bonds. The number of hydrogen-bond donors (Lipinski definition) is 1. The van der Waals surface area contributed by atoms with Gasteiger partial charge < -0.3 is 5.32 Å². The first-order chi connectivity index (χ1) is 14.8. The molecule has 31 heavy (non-hydrogen) atoms. The Balaban J connectivity index is 1.78. The molecule has 4 rings (SSSR count). The Morgan fingerprint density at radius 2 is 1.68 bits per heavy atom. The van der Waals surface area contributed by atoms with Gasteiger partial charge in [-0.25, -0.2) is 14.1 Å². The largest absolute Gasteiger partial charge is 0.319 e. The maximum atomic E-state index is 13.4. The molecule has 0 fully saturated rings. The quantitative estimate of drug-likeness (QED) is 0.396. The fourth-order valence-electron chi connectivity index (χ4n) is 3.03. The minimum atomic E-state index is -0.498. The van der Waals surface area contributed by atoms with Crippen LogP contribution < -0.4 is 5.32 Å². The lowest BCUT2D eigenvalue weighted by atomic mass is 10.1. The number of halogens is 3. The maximum absolute atomic E-state index is 13.4. The zero-order valence-electron chi connectivity index (χ0n) is 16.7. The number of nitrogens with one attached hydrogen (secondary N) is 1. The molecule has 1 aromatic heterocycles. The minimum absolute atomic E-state index is 0.0459. The molecule has 0 saturated heterocycles. The van der Waals surface area contributed by atoms with Crippen molar-refractivity contribution in [2.45, 2.75) is 13.8 Å². The average molecular weight is 455 g/mol. The Labute approximate surface area is 188 Å². The van der Waals surface area contributed by atoms with Gasteiger partial charge in [0.05, 0.1) is 5.69 Å². The summed E-state index contributed by atoms with van der Waals surface area (Å²) in [5.41, 5.74) is 3.58. The van der Waals surface area contributed by atoms with Crippen molar-refractivity contribution < 1.29 is 9.18 Å². The Kier molecular flexibility index (Phi) is 5.76. The number of carbonyl (C=O) groups is 1. The monoisotopic (exact) mass is 454 g/mol. The molecule has 0 atom stereocenters. The molecule has 156 valence electrons. The van der Waals surface area contributed by atoms with Gasteiger partial charge in [0.2, 0.25) is 5.82 Å². The molecule has 5 nitrogen and oxygen atoms in total. The molecule has 0 aliphatic carbocycles. The number of rotatable bonds is 4. The molecule has 1 N–H and O–H groups in total. The zero-order valence-corrected chi connectivity index (χ0v) is 18.2. The molecular formula is C23H17Cl2FN4O. The van der Waals surface area contributed by atoms with Crippen LogP contribution in [0.3, 0.4) is 0 Å². The third kappa shape index (κ3) is 4.45. The molecule has 0 radical (unpaired) electrons. The lowest BCUT2D eigenvalue weighted by molar-refractivity contribution is 0.101. The molecular weight excluding hydrogens is 438 g/mol. The van der Waals surface area contributed by atoms with E-state index in [4.69, 9.17) is 23.2 Å². The molecule has 1 heterocycles. The van der Waals surface area contributed by atoms with Gasteiger partial charge in [-0.3, -0.25) is 4.79 Å². The molecule has 8 heteroatoms. The predicted molar refractivity (Wildman–Crippen MR) is 121 cm³/mol. The molecule has 0 spiro atoms. The Hall–Kier alpha value is -3.22. The number of aryl methyl sites for hydroxylation is 2. The molecule has 4 aromatic rings. The van der Waals surface area contributed by atoms with Gasteiger partial charge in [0.15, 0.2) is 5.82 Å². The molecule has 0 unspecified atom stereocenters. The van der Waals surface area contributed by atoms with Crippen LogP contribution in [0.1, 0.15) is 21.7 Å². The molecule has 0 aliphatic rings.